The molecule has 0 saturated heterocycles. The van der Waals surface area contributed by atoms with Crippen LogP contribution in [0.1, 0.15) is 25.8 Å². The smallest absolute Gasteiger partial charge is 0.310 e. The first-order valence-electron chi connectivity index (χ1n) is 5.89. The molecular weight excluding hydrogens is 216 g/mol. The van der Waals surface area contributed by atoms with Gasteiger partial charge in [0.15, 0.2) is 0 Å². The molecule has 0 aliphatic heterocycles. The third-order valence-electron chi connectivity index (χ3n) is 2.92. The number of nitrogens with one attached hydrogen (secondary N) is 1. The van der Waals surface area contributed by atoms with Gasteiger partial charge < -0.3 is 10.1 Å². The van der Waals surface area contributed by atoms with Gasteiger partial charge in [-0.1, -0.05) is 6.92 Å². The molecule has 0 aliphatic rings. The molecule has 0 saturated carbocycles. The summed E-state index contributed by atoms with van der Waals surface area (Å²) < 4.78 is 4.79. The van der Waals surface area contributed by atoms with Crippen LogP contribution in [0.25, 0.3) is 0 Å². The summed E-state index contributed by atoms with van der Waals surface area (Å²) >= 11 is 0. The number of esters is 1. The number of aromatic nitrogens is 1. The SMILES string of the molecule is CCC(C(=O)OC)C(C)NCc1ccncc1. The molecule has 1 heterocycles. The average Bonchev–Trinajstić information content (AvgIpc) is 2.38. The lowest BCUT2D eigenvalue weighted by atomic mass is 9.98. The van der Waals surface area contributed by atoms with E-state index in [1.54, 1.807) is 12.4 Å². The number of carbonyl (C=O) groups is 1. The molecule has 4 heteroatoms. The normalized spacial score (nSPS) is 14.1. The maximum Gasteiger partial charge on any atom is 0.310 e. The van der Waals surface area contributed by atoms with Crippen molar-refractivity contribution in [1.82, 2.24) is 10.3 Å². The fourth-order valence-electron chi connectivity index (χ4n) is 1.80. The molecule has 2 atom stereocenters. The average molecular weight is 236 g/mol. The zero-order valence-electron chi connectivity index (χ0n) is 10.6. The molecule has 0 spiro atoms. The van der Waals surface area contributed by atoms with Crippen LogP contribution >= 0.6 is 0 Å². The molecule has 0 aromatic carbocycles. The van der Waals surface area contributed by atoms with Crippen LogP contribution < -0.4 is 5.32 Å². The topological polar surface area (TPSA) is 51.2 Å². The van der Waals surface area contributed by atoms with Crippen molar-refractivity contribution in [1.29, 1.82) is 0 Å². The number of rotatable bonds is 6. The molecule has 4 nitrogen and oxygen atoms in total. The number of ether oxygens (including phenoxy) is 1. The summed E-state index contributed by atoms with van der Waals surface area (Å²) in [4.78, 5) is 15.5. The molecule has 0 bridgehead atoms. The van der Waals surface area contributed by atoms with Crippen molar-refractivity contribution in [3.05, 3.63) is 30.1 Å². The highest BCUT2D eigenvalue weighted by Crippen LogP contribution is 2.11. The minimum atomic E-state index is -0.151. The van der Waals surface area contributed by atoms with Crippen molar-refractivity contribution in [3.63, 3.8) is 0 Å². The molecule has 0 radical (unpaired) electrons. The lowest BCUT2D eigenvalue weighted by Crippen LogP contribution is -2.37. The van der Waals surface area contributed by atoms with E-state index in [0.29, 0.717) is 0 Å². The molecule has 94 valence electrons. The van der Waals surface area contributed by atoms with Crippen LogP contribution in [0.3, 0.4) is 0 Å². The van der Waals surface area contributed by atoms with E-state index in [2.05, 4.69) is 10.3 Å². The Labute approximate surface area is 102 Å². The van der Waals surface area contributed by atoms with E-state index in [-0.39, 0.29) is 17.9 Å². The lowest BCUT2D eigenvalue weighted by molar-refractivity contribution is -0.146. The Bertz CT molecular complexity index is 341. The van der Waals surface area contributed by atoms with Crippen LogP contribution in [0.4, 0.5) is 0 Å². The van der Waals surface area contributed by atoms with E-state index in [1.165, 1.54) is 7.11 Å². The van der Waals surface area contributed by atoms with E-state index in [0.717, 1.165) is 18.5 Å². The summed E-state index contributed by atoms with van der Waals surface area (Å²) in [6.45, 7) is 4.73. The first-order valence-corrected chi connectivity index (χ1v) is 5.89. The Morgan fingerprint density at radius 3 is 2.65 bits per heavy atom. The minimum absolute atomic E-state index is 0.0955. The van der Waals surface area contributed by atoms with Gasteiger partial charge in [-0.15, -0.1) is 0 Å². The van der Waals surface area contributed by atoms with Crippen LogP contribution in [-0.2, 0) is 16.1 Å². The van der Waals surface area contributed by atoms with Crippen LogP contribution in [0.2, 0.25) is 0 Å². The number of methoxy groups -OCH3 is 1. The predicted molar refractivity (Wildman–Crippen MR) is 66.3 cm³/mol. The molecule has 0 aliphatic carbocycles. The van der Waals surface area contributed by atoms with Gasteiger partial charge in [-0.3, -0.25) is 9.78 Å². The standard InChI is InChI=1S/C13H20N2O2/c1-4-12(13(16)17-3)10(2)15-9-11-5-7-14-8-6-11/h5-8,10,12,15H,4,9H2,1-3H3. The maximum absolute atomic E-state index is 11.5. The molecule has 1 aromatic rings. The van der Waals surface area contributed by atoms with E-state index in [4.69, 9.17) is 4.74 Å². The highest BCUT2D eigenvalue weighted by atomic mass is 16.5. The third-order valence-corrected chi connectivity index (χ3v) is 2.92. The van der Waals surface area contributed by atoms with Crippen molar-refractivity contribution in [3.8, 4) is 0 Å². The third kappa shape index (κ3) is 4.15. The zero-order chi connectivity index (χ0) is 12.7. The molecule has 0 amide bonds. The van der Waals surface area contributed by atoms with Crippen LogP contribution in [0.5, 0.6) is 0 Å². The predicted octanol–water partition coefficient (Wildman–Crippen LogP) is 1.76. The summed E-state index contributed by atoms with van der Waals surface area (Å²) in [5.74, 6) is -0.246. The number of carbonyl (C=O) groups excluding carboxylic acids is 1. The van der Waals surface area contributed by atoms with Crippen molar-refractivity contribution in [2.75, 3.05) is 7.11 Å². The summed E-state index contributed by atoms with van der Waals surface area (Å²) in [6, 6.07) is 4.01. The van der Waals surface area contributed by atoms with E-state index in [9.17, 15) is 4.79 Å². The first-order chi connectivity index (χ1) is 8.19. The van der Waals surface area contributed by atoms with Crippen molar-refractivity contribution in [2.45, 2.75) is 32.9 Å². The summed E-state index contributed by atoms with van der Waals surface area (Å²) in [5.41, 5.74) is 1.16. The molecule has 0 fully saturated rings. The Balaban J connectivity index is 2.48. The second kappa shape index (κ2) is 7.01. The van der Waals surface area contributed by atoms with E-state index < -0.39 is 0 Å². The van der Waals surface area contributed by atoms with Crippen molar-refractivity contribution in [2.24, 2.45) is 5.92 Å². The van der Waals surface area contributed by atoms with Gasteiger partial charge in [0.25, 0.3) is 0 Å². The quantitative estimate of drug-likeness (QED) is 0.765. The van der Waals surface area contributed by atoms with E-state index >= 15 is 0 Å². The van der Waals surface area contributed by atoms with Gasteiger partial charge in [-0.25, -0.2) is 0 Å². The Morgan fingerprint density at radius 1 is 1.47 bits per heavy atom. The monoisotopic (exact) mass is 236 g/mol. The van der Waals surface area contributed by atoms with Gasteiger partial charge in [0, 0.05) is 25.0 Å². The van der Waals surface area contributed by atoms with Crippen LogP contribution in [-0.4, -0.2) is 24.1 Å². The molecule has 2 unspecified atom stereocenters. The zero-order valence-corrected chi connectivity index (χ0v) is 10.6. The van der Waals surface area contributed by atoms with Gasteiger partial charge in [-0.05, 0) is 31.0 Å². The van der Waals surface area contributed by atoms with Crippen LogP contribution in [0.15, 0.2) is 24.5 Å². The maximum atomic E-state index is 11.5. The fourth-order valence-corrected chi connectivity index (χ4v) is 1.80. The minimum Gasteiger partial charge on any atom is -0.469 e. The molecule has 1 rings (SSSR count). The number of pyridine rings is 1. The van der Waals surface area contributed by atoms with Gasteiger partial charge in [0.1, 0.15) is 0 Å². The summed E-state index contributed by atoms with van der Waals surface area (Å²) in [5, 5.41) is 3.34. The summed E-state index contributed by atoms with van der Waals surface area (Å²) in [7, 11) is 1.43. The number of hydrogen-bond donors (Lipinski definition) is 1. The van der Waals surface area contributed by atoms with Crippen molar-refractivity contribution >= 4 is 5.97 Å². The largest absolute Gasteiger partial charge is 0.469 e. The van der Waals surface area contributed by atoms with E-state index in [1.807, 2.05) is 26.0 Å². The number of nitrogens with zero attached hydrogens (tertiary/aromatic N) is 1. The molecular formula is C13H20N2O2. The Kier molecular flexibility index (Phi) is 5.63. The highest BCUT2D eigenvalue weighted by Gasteiger charge is 2.23. The highest BCUT2D eigenvalue weighted by molar-refractivity contribution is 5.72. The lowest BCUT2D eigenvalue weighted by Gasteiger charge is -2.21. The van der Waals surface area contributed by atoms with Gasteiger partial charge in [0.05, 0.1) is 13.0 Å². The first kappa shape index (κ1) is 13.6. The summed E-state index contributed by atoms with van der Waals surface area (Å²) in [6.07, 6.45) is 4.30. The van der Waals surface area contributed by atoms with Gasteiger partial charge in [0.2, 0.25) is 0 Å². The van der Waals surface area contributed by atoms with Crippen LogP contribution in [0, 0.1) is 5.92 Å². The van der Waals surface area contributed by atoms with Gasteiger partial charge >= 0.3 is 5.97 Å². The van der Waals surface area contributed by atoms with Crippen molar-refractivity contribution < 1.29 is 9.53 Å². The molecule has 1 aromatic heterocycles. The fraction of sp³-hybridized carbons (Fsp3) is 0.538. The molecule has 1 N–H and O–H groups in total. The second-order valence-electron chi connectivity index (χ2n) is 4.06. The second-order valence-corrected chi connectivity index (χ2v) is 4.06. The Hall–Kier alpha value is -1.42. The number of hydrogen-bond acceptors (Lipinski definition) is 4. The van der Waals surface area contributed by atoms with Gasteiger partial charge in [-0.2, -0.15) is 0 Å². The molecule has 17 heavy (non-hydrogen) atoms. The Morgan fingerprint density at radius 2 is 2.12 bits per heavy atom.